The lowest BCUT2D eigenvalue weighted by Gasteiger charge is -2.01. The topological polar surface area (TPSA) is 82.1 Å². The van der Waals surface area contributed by atoms with Crippen molar-refractivity contribution in [3.05, 3.63) is 69.3 Å². The van der Waals surface area contributed by atoms with Crippen LogP contribution in [0, 0.1) is 24.0 Å². The number of aromatic nitrogens is 2. The highest BCUT2D eigenvalue weighted by atomic mass is 32.2. The fourth-order valence-electron chi connectivity index (χ4n) is 2.43. The standard InChI is InChI=1S/C17H15N3O3S/c1-11-7-12(2)9-14(8-11)16-18-19-17(23-16)24-10-13-5-3-4-6-15(13)20(21)22/h3-9H,10H2,1-2H3. The molecule has 1 aromatic heterocycles. The average Bonchev–Trinajstić information content (AvgIpc) is 3.01. The lowest BCUT2D eigenvalue weighted by molar-refractivity contribution is -0.385. The van der Waals surface area contributed by atoms with Crippen molar-refractivity contribution in [1.82, 2.24) is 10.2 Å². The first-order valence-corrected chi connectivity index (χ1v) is 8.29. The van der Waals surface area contributed by atoms with E-state index in [-0.39, 0.29) is 10.6 Å². The van der Waals surface area contributed by atoms with Crippen LogP contribution < -0.4 is 0 Å². The number of benzene rings is 2. The van der Waals surface area contributed by atoms with Gasteiger partial charge in [-0.05, 0) is 26.0 Å². The van der Waals surface area contributed by atoms with Crippen molar-refractivity contribution in [1.29, 1.82) is 0 Å². The van der Waals surface area contributed by atoms with Crippen molar-refractivity contribution >= 4 is 17.4 Å². The number of hydrogen-bond acceptors (Lipinski definition) is 6. The van der Waals surface area contributed by atoms with Crippen LogP contribution in [0.25, 0.3) is 11.5 Å². The maximum Gasteiger partial charge on any atom is 0.277 e. The summed E-state index contributed by atoms with van der Waals surface area (Å²) >= 11 is 1.28. The van der Waals surface area contributed by atoms with Gasteiger partial charge in [-0.25, -0.2) is 0 Å². The SMILES string of the molecule is Cc1cc(C)cc(-c2nnc(SCc3ccccc3[N+](=O)[O-])o2)c1. The Morgan fingerprint density at radius 2 is 1.83 bits per heavy atom. The third kappa shape index (κ3) is 3.62. The molecule has 0 aliphatic carbocycles. The maximum absolute atomic E-state index is 11.0. The summed E-state index contributed by atoms with van der Waals surface area (Å²) in [6.45, 7) is 4.02. The molecule has 0 atom stereocenters. The smallest absolute Gasteiger partial charge is 0.277 e. The first-order chi connectivity index (χ1) is 11.5. The molecular weight excluding hydrogens is 326 g/mol. The molecule has 0 unspecified atom stereocenters. The quantitative estimate of drug-likeness (QED) is 0.384. The van der Waals surface area contributed by atoms with Gasteiger partial charge in [0.1, 0.15) is 0 Å². The minimum atomic E-state index is -0.384. The molecule has 0 aliphatic heterocycles. The van der Waals surface area contributed by atoms with E-state index in [4.69, 9.17) is 4.42 Å². The zero-order chi connectivity index (χ0) is 17.1. The van der Waals surface area contributed by atoms with Gasteiger partial charge in [0.2, 0.25) is 5.89 Å². The first-order valence-electron chi connectivity index (χ1n) is 7.30. The summed E-state index contributed by atoms with van der Waals surface area (Å²) in [6.07, 6.45) is 0. The van der Waals surface area contributed by atoms with Crippen molar-refractivity contribution in [2.75, 3.05) is 0 Å². The van der Waals surface area contributed by atoms with Crippen LogP contribution in [0.4, 0.5) is 5.69 Å². The Hall–Kier alpha value is -2.67. The second-order valence-electron chi connectivity index (χ2n) is 5.42. The van der Waals surface area contributed by atoms with Gasteiger partial charge in [0.25, 0.3) is 10.9 Å². The number of hydrogen-bond donors (Lipinski definition) is 0. The van der Waals surface area contributed by atoms with E-state index >= 15 is 0 Å². The Kier molecular flexibility index (Phi) is 4.61. The van der Waals surface area contributed by atoms with Gasteiger partial charge in [-0.15, -0.1) is 10.2 Å². The molecule has 0 fully saturated rings. The zero-order valence-electron chi connectivity index (χ0n) is 13.2. The van der Waals surface area contributed by atoms with Crippen molar-refractivity contribution in [2.24, 2.45) is 0 Å². The van der Waals surface area contributed by atoms with Gasteiger partial charge in [-0.3, -0.25) is 10.1 Å². The van der Waals surface area contributed by atoms with Crippen molar-refractivity contribution in [3.8, 4) is 11.5 Å². The second kappa shape index (κ2) is 6.84. The molecule has 0 spiro atoms. The average molecular weight is 341 g/mol. The van der Waals surface area contributed by atoms with Gasteiger partial charge in [0.15, 0.2) is 0 Å². The Morgan fingerprint density at radius 1 is 1.12 bits per heavy atom. The zero-order valence-corrected chi connectivity index (χ0v) is 14.0. The number of nitro benzene ring substituents is 1. The van der Waals surface area contributed by atoms with Gasteiger partial charge in [0, 0.05) is 22.9 Å². The number of para-hydroxylation sites is 1. The van der Waals surface area contributed by atoms with E-state index < -0.39 is 0 Å². The molecular formula is C17H15N3O3S. The number of thioether (sulfide) groups is 1. The van der Waals surface area contributed by atoms with Crippen LogP contribution in [0.15, 0.2) is 52.1 Å². The Bertz CT molecular complexity index is 872. The normalized spacial score (nSPS) is 10.8. The third-order valence-electron chi connectivity index (χ3n) is 3.41. The predicted octanol–water partition coefficient (Wildman–Crippen LogP) is 4.55. The molecule has 0 saturated carbocycles. The van der Waals surface area contributed by atoms with Gasteiger partial charge >= 0.3 is 0 Å². The monoisotopic (exact) mass is 341 g/mol. The highest BCUT2D eigenvalue weighted by Gasteiger charge is 2.15. The Morgan fingerprint density at radius 3 is 2.54 bits per heavy atom. The van der Waals surface area contributed by atoms with Gasteiger partial charge in [0.05, 0.1) is 4.92 Å². The lowest BCUT2D eigenvalue weighted by Crippen LogP contribution is -1.93. The van der Waals surface area contributed by atoms with E-state index in [1.165, 1.54) is 17.8 Å². The molecule has 3 aromatic rings. The highest BCUT2D eigenvalue weighted by Crippen LogP contribution is 2.29. The van der Waals surface area contributed by atoms with Gasteiger partial charge in [-0.1, -0.05) is 47.2 Å². The summed E-state index contributed by atoms with van der Waals surface area (Å²) in [5.41, 5.74) is 3.84. The number of nitrogens with zero attached hydrogens (tertiary/aromatic N) is 3. The number of aryl methyl sites for hydroxylation is 2. The Labute approximate surface area is 143 Å². The largest absolute Gasteiger partial charge is 0.411 e. The van der Waals surface area contributed by atoms with Crippen molar-refractivity contribution in [2.45, 2.75) is 24.8 Å². The van der Waals surface area contributed by atoms with Crippen molar-refractivity contribution in [3.63, 3.8) is 0 Å². The van der Waals surface area contributed by atoms with Crippen LogP contribution in [0.5, 0.6) is 0 Å². The van der Waals surface area contributed by atoms with E-state index in [0.29, 0.717) is 22.4 Å². The molecule has 7 heteroatoms. The van der Waals surface area contributed by atoms with E-state index in [1.807, 2.05) is 26.0 Å². The summed E-state index contributed by atoms with van der Waals surface area (Å²) in [4.78, 5) is 10.6. The summed E-state index contributed by atoms with van der Waals surface area (Å²) in [5, 5.41) is 19.5. The van der Waals surface area contributed by atoms with Gasteiger partial charge < -0.3 is 4.42 Å². The van der Waals surface area contributed by atoms with Crippen LogP contribution in [-0.2, 0) is 5.75 Å². The molecule has 2 aromatic carbocycles. The molecule has 0 radical (unpaired) electrons. The van der Waals surface area contributed by atoms with E-state index in [1.54, 1.807) is 18.2 Å². The molecule has 122 valence electrons. The van der Waals surface area contributed by atoms with Crippen LogP contribution in [-0.4, -0.2) is 15.1 Å². The predicted molar refractivity (Wildman–Crippen MR) is 91.9 cm³/mol. The van der Waals surface area contributed by atoms with Crippen LogP contribution in [0.1, 0.15) is 16.7 Å². The fourth-order valence-corrected chi connectivity index (χ4v) is 3.19. The minimum absolute atomic E-state index is 0.0963. The third-order valence-corrected chi connectivity index (χ3v) is 4.28. The molecule has 0 bridgehead atoms. The molecule has 0 saturated heterocycles. The molecule has 24 heavy (non-hydrogen) atoms. The fraction of sp³-hybridized carbons (Fsp3) is 0.176. The molecule has 6 nitrogen and oxygen atoms in total. The number of nitro groups is 1. The molecule has 0 aliphatic rings. The summed E-state index contributed by atoms with van der Waals surface area (Å²) in [6, 6.07) is 12.7. The molecule has 0 N–H and O–H groups in total. The molecule has 0 amide bonds. The minimum Gasteiger partial charge on any atom is -0.411 e. The lowest BCUT2D eigenvalue weighted by atomic mass is 10.1. The van der Waals surface area contributed by atoms with E-state index in [9.17, 15) is 10.1 Å². The number of rotatable bonds is 5. The molecule has 1 heterocycles. The van der Waals surface area contributed by atoms with Crippen LogP contribution in [0.3, 0.4) is 0 Å². The maximum atomic E-state index is 11.0. The van der Waals surface area contributed by atoms with E-state index in [2.05, 4.69) is 16.3 Å². The molecule has 3 rings (SSSR count). The summed E-state index contributed by atoms with van der Waals surface area (Å²) in [7, 11) is 0. The first kappa shape index (κ1) is 16.2. The van der Waals surface area contributed by atoms with Crippen LogP contribution in [0.2, 0.25) is 0 Å². The Balaban J connectivity index is 1.76. The van der Waals surface area contributed by atoms with Gasteiger partial charge in [-0.2, -0.15) is 0 Å². The van der Waals surface area contributed by atoms with Crippen molar-refractivity contribution < 1.29 is 9.34 Å². The second-order valence-corrected chi connectivity index (χ2v) is 6.35. The summed E-state index contributed by atoms with van der Waals surface area (Å²) in [5.74, 6) is 0.845. The highest BCUT2D eigenvalue weighted by molar-refractivity contribution is 7.98. The van der Waals surface area contributed by atoms with E-state index in [0.717, 1.165) is 16.7 Å². The van der Waals surface area contributed by atoms with Crippen LogP contribution >= 0.6 is 11.8 Å². The summed E-state index contributed by atoms with van der Waals surface area (Å²) < 4.78 is 5.67.